The van der Waals surface area contributed by atoms with E-state index in [0.717, 1.165) is 18.4 Å². The largest absolute Gasteiger partial charge is 0.319 e. The van der Waals surface area contributed by atoms with Gasteiger partial charge in [0.2, 0.25) is 5.91 Å². The van der Waals surface area contributed by atoms with Crippen LogP contribution in [0, 0.1) is 11.7 Å². The monoisotopic (exact) mass is 248 g/mol. The first-order valence-electron chi connectivity index (χ1n) is 6.45. The molecule has 96 valence electrons. The van der Waals surface area contributed by atoms with Crippen molar-refractivity contribution < 1.29 is 9.18 Å². The van der Waals surface area contributed by atoms with Crippen LogP contribution in [-0.4, -0.2) is 23.4 Å². The predicted molar refractivity (Wildman–Crippen MR) is 66.2 cm³/mol. The molecular formula is C14H17FN2O. The van der Waals surface area contributed by atoms with E-state index in [4.69, 9.17) is 0 Å². The molecule has 1 aromatic rings. The van der Waals surface area contributed by atoms with Crippen molar-refractivity contribution >= 4 is 5.91 Å². The third-order valence-corrected chi connectivity index (χ3v) is 3.94. The molecule has 2 fully saturated rings. The molecule has 0 radical (unpaired) electrons. The first-order chi connectivity index (χ1) is 8.65. The Kier molecular flexibility index (Phi) is 2.82. The maximum atomic E-state index is 12.9. The summed E-state index contributed by atoms with van der Waals surface area (Å²) in [6, 6.07) is 6.74. The van der Waals surface area contributed by atoms with Crippen molar-refractivity contribution in [1.29, 1.82) is 0 Å². The molecule has 1 saturated carbocycles. The zero-order chi connectivity index (χ0) is 12.7. The second-order valence-electron chi connectivity index (χ2n) is 5.37. The van der Waals surface area contributed by atoms with E-state index in [1.54, 1.807) is 12.1 Å². The van der Waals surface area contributed by atoms with Gasteiger partial charge in [-0.1, -0.05) is 19.1 Å². The Hall–Kier alpha value is -1.42. The van der Waals surface area contributed by atoms with Crippen LogP contribution in [0.1, 0.15) is 31.5 Å². The van der Waals surface area contributed by atoms with Crippen LogP contribution in [-0.2, 0) is 4.79 Å². The Morgan fingerprint density at radius 2 is 1.94 bits per heavy atom. The minimum absolute atomic E-state index is 0.0874. The van der Waals surface area contributed by atoms with Gasteiger partial charge in [0.1, 0.15) is 12.0 Å². The minimum Gasteiger partial charge on any atom is -0.319 e. The number of hydrogen-bond donors (Lipinski definition) is 1. The molecule has 1 heterocycles. The minimum atomic E-state index is -0.244. The number of nitrogens with one attached hydrogen (secondary N) is 1. The summed E-state index contributed by atoms with van der Waals surface area (Å²) in [5, 5.41) is 3.21. The summed E-state index contributed by atoms with van der Waals surface area (Å²) < 4.78 is 12.9. The molecule has 1 unspecified atom stereocenters. The van der Waals surface area contributed by atoms with E-state index in [2.05, 4.69) is 12.2 Å². The summed E-state index contributed by atoms with van der Waals surface area (Å²) in [6.07, 6.45) is 2.06. The summed E-state index contributed by atoms with van der Waals surface area (Å²) in [4.78, 5) is 13.9. The number of rotatable bonds is 2. The molecule has 1 amide bonds. The number of amides is 1. The highest BCUT2D eigenvalue weighted by molar-refractivity contribution is 5.81. The van der Waals surface area contributed by atoms with E-state index in [1.165, 1.54) is 12.1 Å². The lowest BCUT2D eigenvalue weighted by molar-refractivity contribution is -0.133. The van der Waals surface area contributed by atoms with Crippen LogP contribution in [0.4, 0.5) is 4.39 Å². The quantitative estimate of drug-likeness (QED) is 0.868. The molecule has 4 heteroatoms. The van der Waals surface area contributed by atoms with Crippen LogP contribution in [0.2, 0.25) is 0 Å². The van der Waals surface area contributed by atoms with Crippen LogP contribution in [0.25, 0.3) is 0 Å². The fourth-order valence-electron chi connectivity index (χ4n) is 2.94. The molecule has 1 N–H and O–H groups in total. The van der Waals surface area contributed by atoms with Crippen molar-refractivity contribution in [2.75, 3.05) is 6.54 Å². The van der Waals surface area contributed by atoms with E-state index in [1.807, 2.05) is 4.90 Å². The van der Waals surface area contributed by atoms with Gasteiger partial charge in [0.15, 0.2) is 0 Å². The molecule has 0 aromatic heterocycles. The Morgan fingerprint density at radius 3 is 2.56 bits per heavy atom. The molecule has 1 atom stereocenters. The Bertz CT molecular complexity index is 453. The van der Waals surface area contributed by atoms with Crippen molar-refractivity contribution in [1.82, 2.24) is 10.2 Å². The smallest absolute Gasteiger partial charge is 0.238 e. The van der Waals surface area contributed by atoms with Crippen LogP contribution in [0.3, 0.4) is 0 Å². The lowest BCUT2D eigenvalue weighted by Gasteiger charge is -2.42. The van der Waals surface area contributed by atoms with Crippen LogP contribution in [0.5, 0.6) is 0 Å². The van der Waals surface area contributed by atoms with Crippen LogP contribution < -0.4 is 5.32 Å². The van der Waals surface area contributed by atoms with Gasteiger partial charge in [-0.2, -0.15) is 0 Å². The van der Waals surface area contributed by atoms with Gasteiger partial charge in [0.05, 0.1) is 6.54 Å². The molecule has 1 aromatic carbocycles. The molecule has 1 saturated heterocycles. The van der Waals surface area contributed by atoms with E-state index in [0.29, 0.717) is 18.5 Å². The molecule has 3 nitrogen and oxygen atoms in total. The zero-order valence-corrected chi connectivity index (χ0v) is 10.4. The molecule has 18 heavy (non-hydrogen) atoms. The molecule has 1 aliphatic heterocycles. The summed E-state index contributed by atoms with van der Waals surface area (Å²) >= 11 is 0. The maximum Gasteiger partial charge on any atom is 0.238 e. The summed E-state index contributed by atoms with van der Waals surface area (Å²) in [5.74, 6) is 0.616. The van der Waals surface area contributed by atoms with Gasteiger partial charge < -0.3 is 4.90 Å². The van der Waals surface area contributed by atoms with Crippen molar-refractivity contribution in [2.45, 2.75) is 32.0 Å². The Labute approximate surface area is 106 Å². The molecule has 3 rings (SSSR count). The van der Waals surface area contributed by atoms with Crippen molar-refractivity contribution in [3.63, 3.8) is 0 Å². The number of carbonyl (C=O) groups excluding carboxylic acids is 1. The Morgan fingerprint density at radius 1 is 1.28 bits per heavy atom. The normalized spacial score (nSPS) is 31.6. The Balaban J connectivity index is 1.82. The standard InChI is InChI=1S/C14H17FN2O/c1-9-6-12(7-9)17-13(18)8-16-14(17)10-2-4-11(15)5-3-10/h2-5,9,12,14,16H,6-8H2,1H3. The zero-order valence-electron chi connectivity index (χ0n) is 10.4. The first kappa shape index (κ1) is 11.7. The average Bonchev–Trinajstić information content (AvgIpc) is 2.68. The lowest BCUT2D eigenvalue weighted by Crippen LogP contribution is -2.46. The second kappa shape index (κ2) is 4.35. The molecule has 0 bridgehead atoms. The van der Waals surface area contributed by atoms with Crippen LogP contribution >= 0.6 is 0 Å². The highest BCUT2D eigenvalue weighted by Crippen LogP contribution is 2.37. The topological polar surface area (TPSA) is 32.3 Å². The SMILES string of the molecule is CC1CC(N2C(=O)CNC2c2ccc(F)cc2)C1. The number of hydrogen-bond acceptors (Lipinski definition) is 2. The number of carbonyl (C=O) groups is 1. The van der Waals surface area contributed by atoms with Crippen LogP contribution in [0.15, 0.2) is 24.3 Å². The van der Waals surface area contributed by atoms with Crippen molar-refractivity contribution in [3.05, 3.63) is 35.6 Å². The fraction of sp³-hybridized carbons (Fsp3) is 0.500. The fourth-order valence-corrected chi connectivity index (χ4v) is 2.94. The lowest BCUT2D eigenvalue weighted by atomic mass is 9.80. The average molecular weight is 248 g/mol. The van der Waals surface area contributed by atoms with E-state index in [-0.39, 0.29) is 17.9 Å². The second-order valence-corrected chi connectivity index (χ2v) is 5.37. The van der Waals surface area contributed by atoms with Gasteiger partial charge in [-0.25, -0.2) is 4.39 Å². The first-order valence-corrected chi connectivity index (χ1v) is 6.45. The number of nitrogens with zero attached hydrogens (tertiary/aromatic N) is 1. The van der Waals surface area contributed by atoms with Gasteiger partial charge in [0, 0.05) is 6.04 Å². The molecular weight excluding hydrogens is 231 g/mol. The summed E-state index contributed by atoms with van der Waals surface area (Å²) in [6.45, 7) is 2.59. The highest BCUT2D eigenvalue weighted by Gasteiger charge is 2.41. The van der Waals surface area contributed by atoms with Gasteiger partial charge in [0.25, 0.3) is 0 Å². The summed E-state index contributed by atoms with van der Waals surface area (Å²) in [5.41, 5.74) is 0.960. The highest BCUT2D eigenvalue weighted by atomic mass is 19.1. The third-order valence-electron chi connectivity index (χ3n) is 3.94. The van der Waals surface area contributed by atoms with E-state index < -0.39 is 0 Å². The molecule has 1 aliphatic carbocycles. The number of benzene rings is 1. The molecule has 2 aliphatic rings. The van der Waals surface area contributed by atoms with Gasteiger partial charge >= 0.3 is 0 Å². The van der Waals surface area contributed by atoms with Gasteiger partial charge in [-0.05, 0) is 36.5 Å². The van der Waals surface area contributed by atoms with Crippen molar-refractivity contribution in [2.24, 2.45) is 5.92 Å². The van der Waals surface area contributed by atoms with E-state index >= 15 is 0 Å². The third kappa shape index (κ3) is 1.90. The van der Waals surface area contributed by atoms with Gasteiger partial charge in [-0.15, -0.1) is 0 Å². The maximum absolute atomic E-state index is 12.9. The molecule has 0 spiro atoms. The number of halogens is 1. The summed E-state index contributed by atoms with van der Waals surface area (Å²) in [7, 11) is 0. The van der Waals surface area contributed by atoms with E-state index in [9.17, 15) is 9.18 Å². The van der Waals surface area contributed by atoms with Gasteiger partial charge in [-0.3, -0.25) is 10.1 Å². The predicted octanol–water partition coefficient (Wildman–Crippen LogP) is 2.05. The van der Waals surface area contributed by atoms with Crippen molar-refractivity contribution in [3.8, 4) is 0 Å².